The van der Waals surface area contributed by atoms with Crippen LogP contribution < -0.4 is 5.32 Å². The summed E-state index contributed by atoms with van der Waals surface area (Å²) in [6.07, 6.45) is 8.99. The smallest absolute Gasteiger partial charge is 0.111 e. The van der Waals surface area contributed by atoms with E-state index in [1.54, 1.807) is 0 Å². The maximum Gasteiger partial charge on any atom is 0.111 e. The summed E-state index contributed by atoms with van der Waals surface area (Å²) in [6, 6.07) is 0. The summed E-state index contributed by atoms with van der Waals surface area (Å²) < 4.78 is 2.16. The van der Waals surface area contributed by atoms with Crippen molar-refractivity contribution in [2.45, 2.75) is 26.3 Å². The molecule has 0 aromatic carbocycles. The van der Waals surface area contributed by atoms with Gasteiger partial charge in [0.2, 0.25) is 0 Å². The van der Waals surface area contributed by atoms with Crippen LogP contribution in [0.1, 0.15) is 25.6 Å². The molecule has 3 heteroatoms. The molecule has 0 aliphatic heterocycles. The van der Waals surface area contributed by atoms with E-state index in [4.69, 9.17) is 6.42 Å². The third-order valence-electron chi connectivity index (χ3n) is 2.02. The highest BCUT2D eigenvalue weighted by Gasteiger charge is 2.05. The summed E-state index contributed by atoms with van der Waals surface area (Å²) in [5.74, 6) is 4.15. The first kappa shape index (κ1) is 10.8. The first-order chi connectivity index (χ1) is 6.75. The summed E-state index contributed by atoms with van der Waals surface area (Å²) in [6.45, 7) is 6.74. The molecule has 0 aliphatic rings. The number of hydrogen-bond donors (Lipinski definition) is 1. The lowest BCUT2D eigenvalue weighted by molar-refractivity contribution is 0.585. The monoisotopic (exact) mass is 191 g/mol. The molecule has 0 fully saturated rings. The van der Waals surface area contributed by atoms with E-state index in [1.807, 2.05) is 12.4 Å². The van der Waals surface area contributed by atoms with Crippen molar-refractivity contribution < 1.29 is 0 Å². The van der Waals surface area contributed by atoms with E-state index in [0.29, 0.717) is 12.5 Å². The molecule has 0 aliphatic carbocycles. The molecule has 1 heterocycles. The molecule has 3 nitrogen and oxygen atoms in total. The second kappa shape index (κ2) is 5.46. The van der Waals surface area contributed by atoms with Crippen LogP contribution in [0.2, 0.25) is 0 Å². The van der Waals surface area contributed by atoms with Gasteiger partial charge in [-0.25, -0.2) is 4.98 Å². The van der Waals surface area contributed by atoms with Gasteiger partial charge in [0.15, 0.2) is 0 Å². The van der Waals surface area contributed by atoms with Gasteiger partial charge in [0.1, 0.15) is 5.82 Å². The van der Waals surface area contributed by atoms with Crippen LogP contribution in [0.5, 0.6) is 0 Å². The lowest BCUT2D eigenvalue weighted by Crippen LogP contribution is -2.21. The van der Waals surface area contributed by atoms with Crippen molar-refractivity contribution in [3.05, 3.63) is 18.2 Å². The van der Waals surface area contributed by atoms with Gasteiger partial charge in [0, 0.05) is 31.4 Å². The first-order valence-corrected chi connectivity index (χ1v) is 4.91. The van der Waals surface area contributed by atoms with Crippen LogP contribution in [0, 0.1) is 12.3 Å². The van der Waals surface area contributed by atoms with Gasteiger partial charge in [-0.2, -0.15) is 0 Å². The fourth-order valence-electron chi connectivity index (χ4n) is 1.37. The van der Waals surface area contributed by atoms with Gasteiger partial charge in [0.25, 0.3) is 0 Å². The van der Waals surface area contributed by atoms with Crippen LogP contribution in [-0.4, -0.2) is 22.6 Å². The van der Waals surface area contributed by atoms with E-state index in [9.17, 15) is 0 Å². The predicted molar refractivity (Wildman–Crippen MR) is 58.0 cm³/mol. The van der Waals surface area contributed by atoms with E-state index in [1.165, 1.54) is 0 Å². The van der Waals surface area contributed by atoms with Gasteiger partial charge in [-0.15, -0.1) is 6.42 Å². The Morgan fingerprint density at radius 1 is 1.64 bits per heavy atom. The molecule has 0 spiro atoms. The van der Waals surface area contributed by atoms with Gasteiger partial charge < -0.3 is 9.88 Å². The minimum atomic E-state index is 0.470. The van der Waals surface area contributed by atoms with E-state index in [0.717, 1.165) is 18.9 Å². The van der Waals surface area contributed by atoms with Crippen molar-refractivity contribution in [2.24, 2.45) is 0 Å². The topological polar surface area (TPSA) is 29.9 Å². The molecule has 1 aromatic heterocycles. The average molecular weight is 191 g/mol. The molecule has 0 radical (unpaired) electrons. The molecule has 0 saturated carbocycles. The number of terminal acetylenes is 1. The molecule has 0 bridgehead atoms. The van der Waals surface area contributed by atoms with Crippen molar-refractivity contribution in [2.75, 3.05) is 13.1 Å². The van der Waals surface area contributed by atoms with Crippen molar-refractivity contribution in [3.8, 4) is 12.3 Å². The normalized spacial score (nSPS) is 10.4. The standard InChI is InChI=1S/C11H17N3/c1-4-5-12-6-8-14-9-7-13-11(14)10(2)3/h1,7,9-10,12H,5-6,8H2,2-3H3. The fourth-order valence-corrected chi connectivity index (χ4v) is 1.37. The molecular weight excluding hydrogens is 174 g/mol. The highest BCUT2D eigenvalue weighted by atomic mass is 15.1. The molecule has 1 rings (SSSR count). The number of imidazole rings is 1. The molecule has 0 saturated heterocycles. The number of aromatic nitrogens is 2. The lowest BCUT2D eigenvalue weighted by atomic mass is 10.2. The van der Waals surface area contributed by atoms with Gasteiger partial charge in [-0.3, -0.25) is 0 Å². The lowest BCUT2D eigenvalue weighted by Gasteiger charge is -2.09. The molecule has 14 heavy (non-hydrogen) atoms. The molecule has 1 aromatic rings. The Labute approximate surface area is 85.5 Å². The maximum atomic E-state index is 5.13. The van der Waals surface area contributed by atoms with E-state index >= 15 is 0 Å². The van der Waals surface area contributed by atoms with E-state index in [2.05, 4.69) is 34.6 Å². The van der Waals surface area contributed by atoms with Gasteiger partial charge in [0.05, 0.1) is 6.54 Å². The number of nitrogens with zero attached hydrogens (tertiary/aromatic N) is 2. The van der Waals surface area contributed by atoms with Crippen LogP contribution in [0.4, 0.5) is 0 Å². The van der Waals surface area contributed by atoms with Gasteiger partial charge in [-0.1, -0.05) is 19.8 Å². The Morgan fingerprint density at radius 3 is 3.07 bits per heavy atom. The minimum Gasteiger partial charge on any atom is -0.333 e. The van der Waals surface area contributed by atoms with Crippen LogP contribution in [0.3, 0.4) is 0 Å². The van der Waals surface area contributed by atoms with E-state index < -0.39 is 0 Å². The third-order valence-corrected chi connectivity index (χ3v) is 2.02. The van der Waals surface area contributed by atoms with Crippen LogP contribution in [0.15, 0.2) is 12.4 Å². The SMILES string of the molecule is C#CCNCCn1ccnc1C(C)C. The highest BCUT2D eigenvalue weighted by molar-refractivity contribution is 4.97. The van der Waals surface area contributed by atoms with Crippen molar-refractivity contribution in [1.29, 1.82) is 0 Å². The van der Waals surface area contributed by atoms with Crippen molar-refractivity contribution in [1.82, 2.24) is 14.9 Å². The zero-order valence-electron chi connectivity index (χ0n) is 8.83. The summed E-state index contributed by atoms with van der Waals surface area (Å²) >= 11 is 0. The Bertz CT molecular complexity index is 307. The van der Waals surface area contributed by atoms with Crippen molar-refractivity contribution >= 4 is 0 Å². The largest absolute Gasteiger partial charge is 0.333 e. The molecule has 0 unspecified atom stereocenters. The summed E-state index contributed by atoms with van der Waals surface area (Å²) in [4.78, 5) is 4.31. The molecular formula is C11H17N3. The van der Waals surface area contributed by atoms with Crippen molar-refractivity contribution in [3.63, 3.8) is 0 Å². The second-order valence-electron chi connectivity index (χ2n) is 3.51. The second-order valence-corrected chi connectivity index (χ2v) is 3.51. The first-order valence-electron chi connectivity index (χ1n) is 4.91. The van der Waals surface area contributed by atoms with Crippen LogP contribution in [0.25, 0.3) is 0 Å². The number of nitrogens with one attached hydrogen (secondary N) is 1. The van der Waals surface area contributed by atoms with E-state index in [-0.39, 0.29) is 0 Å². The third kappa shape index (κ3) is 2.90. The molecule has 76 valence electrons. The zero-order chi connectivity index (χ0) is 10.4. The van der Waals surface area contributed by atoms with Crippen LogP contribution >= 0.6 is 0 Å². The Balaban J connectivity index is 2.43. The Kier molecular flexibility index (Phi) is 4.21. The fraction of sp³-hybridized carbons (Fsp3) is 0.545. The summed E-state index contributed by atoms with van der Waals surface area (Å²) in [5.41, 5.74) is 0. The van der Waals surface area contributed by atoms with Gasteiger partial charge in [-0.05, 0) is 0 Å². The summed E-state index contributed by atoms with van der Waals surface area (Å²) in [7, 11) is 0. The van der Waals surface area contributed by atoms with Crippen LogP contribution in [-0.2, 0) is 6.54 Å². The Hall–Kier alpha value is -1.27. The average Bonchev–Trinajstić information content (AvgIpc) is 2.60. The molecule has 0 amide bonds. The maximum absolute atomic E-state index is 5.13. The number of rotatable bonds is 5. The van der Waals surface area contributed by atoms with Gasteiger partial charge >= 0.3 is 0 Å². The Morgan fingerprint density at radius 2 is 2.43 bits per heavy atom. The summed E-state index contributed by atoms with van der Waals surface area (Å²) in [5, 5.41) is 3.15. The molecule has 0 atom stereocenters. The molecule has 1 N–H and O–H groups in total. The highest BCUT2D eigenvalue weighted by Crippen LogP contribution is 2.10. The number of hydrogen-bond acceptors (Lipinski definition) is 2. The predicted octanol–water partition coefficient (Wildman–Crippen LogP) is 1.23. The quantitative estimate of drug-likeness (QED) is 0.560. The minimum absolute atomic E-state index is 0.470. The zero-order valence-corrected chi connectivity index (χ0v) is 8.83.